The van der Waals surface area contributed by atoms with E-state index in [4.69, 9.17) is 10.6 Å². The molecule has 2 rings (SSSR count). The van der Waals surface area contributed by atoms with Gasteiger partial charge in [-0.25, -0.2) is 0 Å². The average Bonchev–Trinajstić information content (AvgIpc) is 2.81. The quantitative estimate of drug-likeness (QED) is 0.426. The first-order valence-corrected chi connectivity index (χ1v) is 6.21. The van der Waals surface area contributed by atoms with Crippen molar-refractivity contribution < 1.29 is 9.66 Å². The molecule has 0 amide bonds. The van der Waals surface area contributed by atoms with Gasteiger partial charge >= 0.3 is 0 Å². The predicted octanol–water partition coefficient (Wildman–Crippen LogP) is 1.72. The van der Waals surface area contributed by atoms with Gasteiger partial charge in [0.1, 0.15) is 0 Å². The van der Waals surface area contributed by atoms with E-state index in [2.05, 4.69) is 10.7 Å². The molecule has 1 aromatic rings. The van der Waals surface area contributed by atoms with Crippen LogP contribution < -0.4 is 16.6 Å². The molecule has 2 unspecified atom stereocenters. The van der Waals surface area contributed by atoms with E-state index in [9.17, 15) is 10.1 Å². The molecule has 0 spiro atoms. The number of benzene rings is 1. The van der Waals surface area contributed by atoms with E-state index in [0.29, 0.717) is 17.3 Å². The fraction of sp³-hybridized carbons (Fsp3) is 0.500. The van der Waals surface area contributed by atoms with Gasteiger partial charge in [0.25, 0.3) is 5.69 Å². The van der Waals surface area contributed by atoms with Gasteiger partial charge in [0, 0.05) is 36.9 Å². The molecule has 1 heterocycles. The Labute approximate surface area is 111 Å². The molecule has 1 saturated heterocycles. The number of hydrogen-bond donors (Lipinski definition) is 3. The minimum Gasteiger partial charge on any atom is -0.384 e. The fourth-order valence-electron chi connectivity index (χ4n) is 2.20. The summed E-state index contributed by atoms with van der Waals surface area (Å²) in [5.41, 5.74) is 3.63. The van der Waals surface area contributed by atoms with Crippen molar-refractivity contribution in [1.29, 1.82) is 0 Å². The van der Waals surface area contributed by atoms with Crippen LogP contribution in [-0.4, -0.2) is 24.2 Å². The Balaban J connectivity index is 2.06. The summed E-state index contributed by atoms with van der Waals surface area (Å²) in [6.45, 7) is 3.55. The number of non-ortho nitro benzene ring substituents is 1. The molecule has 7 nitrogen and oxygen atoms in total. The first-order chi connectivity index (χ1) is 9.10. The Morgan fingerprint density at radius 3 is 2.79 bits per heavy atom. The highest BCUT2D eigenvalue weighted by Gasteiger charge is 2.23. The molecular weight excluding hydrogens is 248 g/mol. The average molecular weight is 266 g/mol. The van der Waals surface area contributed by atoms with Gasteiger partial charge in [-0.1, -0.05) is 0 Å². The van der Waals surface area contributed by atoms with Gasteiger partial charge < -0.3 is 15.5 Å². The van der Waals surface area contributed by atoms with Crippen LogP contribution in [0.25, 0.3) is 0 Å². The highest BCUT2D eigenvalue weighted by atomic mass is 16.6. The summed E-state index contributed by atoms with van der Waals surface area (Å²) in [5.74, 6) is 5.73. The molecule has 104 valence electrons. The third kappa shape index (κ3) is 3.33. The standard InChI is InChI=1S/C12H18N4O3/c1-8-9(2-3-19-8)7-14-10-4-11(15-13)6-12(5-10)16(17)18/h4-6,8-9,14-15H,2-3,7,13H2,1H3. The number of nitrogen functional groups attached to an aromatic ring is 1. The Morgan fingerprint density at radius 2 is 2.21 bits per heavy atom. The Bertz CT molecular complexity index is 466. The Kier molecular flexibility index (Phi) is 4.18. The van der Waals surface area contributed by atoms with Crippen molar-refractivity contribution in [2.45, 2.75) is 19.4 Å². The lowest BCUT2D eigenvalue weighted by Gasteiger charge is -2.16. The van der Waals surface area contributed by atoms with Gasteiger partial charge in [-0.15, -0.1) is 0 Å². The number of hydrazine groups is 1. The smallest absolute Gasteiger partial charge is 0.273 e. The van der Waals surface area contributed by atoms with Gasteiger partial charge in [-0.05, 0) is 19.4 Å². The number of ether oxygens (including phenoxy) is 1. The predicted molar refractivity (Wildman–Crippen MR) is 72.9 cm³/mol. The number of nitrogens with zero attached hydrogens (tertiary/aromatic N) is 1. The largest absolute Gasteiger partial charge is 0.384 e. The van der Waals surface area contributed by atoms with E-state index in [0.717, 1.165) is 19.6 Å². The summed E-state index contributed by atoms with van der Waals surface area (Å²) in [6.07, 6.45) is 1.23. The zero-order valence-electron chi connectivity index (χ0n) is 10.8. The molecule has 0 saturated carbocycles. The second-order valence-corrected chi connectivity index (χ2v) is 4.68. The van der Waals surface area contributed by atoms with Crippen molar-refractivity contribution in [3.8, 4) is 0 Å². The molecule has 0 bridgehead atoms. The van der Waals surface area contributed by atoms with Crippen LogP contribution in [0.15, 0.2) is 18.2 Å². The Hall–Kier alpha value is -1.86. The van der Waals surface area contributed by atoms with Crippen LogP contribution in [0.3, 0.4) is 0 Å². The molecule has 0 aromatic heterocycles. The number of nitrogens with two attached hydrogens (primary N) is 1. The van der Waals surface area contributed by atoms with Crippen molar-refractivity contribution in [2.24, 2.45) is 11.8 Å². The molecule has 0 radical (unpaired) electrons. The van der Waals surface area contributed by atoms with E-state index in [1.807, 2.05) is 6.92 Å². The number of nitro groups is 1. The molecule has 1 aliphatic rings. The third-order valence-electron chi connectivity index (χ3n) is 3.40. The third-order valence-corrected chi connectivity index (χ3v) is 3.40. The van der Waals surface area contributed by atoms with E-state index in [1.54, 1.807) is 6.07 Å². The number of hydrogen-bond acceptors (Lipinski definition) is 6. The zero-order chi connectivity index (χ0) is 13.8. The van der Waals surface area contributed by atoms with Crippen molar-refractivity contribution >= 4 is 17.1 Å². The van der Waals surface area contributed by atoms with Crippen LogP contribution in [0.5, 0.6) is 0 Å². The molecule has 1 fully saturated rings. The van der Waals surface area contributed by atoms with Crippen LogP contribution >= 0.6 is 0 Å². The molecule has 0 aliphatic carbocycles. The highest BCUT2D eigenvalue weighted by molar-refractivity contribution is 5.63. The second kappa shape index (κ2) is 5.85. The lowest BCUT2D eigenvalue weighted by atomic mass is 10.0. The van der Waals surface area contributed by atoms with Crippen LogP contribution in [0.1, 0.15) is 13.3 Å². The van der Waals surface area contributed by atoms with Gasteiger partial charge in [0.2, 0.25) is 0 Å². The Morgan fingerprint density at radius 1 is 1.47 bits per heavy atom. The van der Waals surface area contributed by atoms with Gasteiger partial charge in [0.05, 0.1) is 16.7 Å². The summed E-state index contributed by atoms with van der Waals surface area (Å²) < 4.78 is 5.48. The maximum absolute atomic E-state index is 10.8. The van der Waals surface area contributed by atoms with Gasteiger partial charge in [-0.2, -0.15) is 0 Å². The van der Waals surface area contributed by atoms with Crippen molar-refractivity contribution in [2.75, 3.05) is 23.9 Å². The van der Waals surface area contributed by atoms with E-state index < -0.39 is 4.92 Å². The second-order valence-electron chi connectivity index (χ2n) is 4.68. The molecular formula is C12H18N4O3. The van der Waals surface area contributed by atoms with E-state index >= 15 is 0 Å². The molecule has 7 heteroatoms. The van der Waals surface area contributed by atoms with Gasteiger partial charge in [0.15, 0.2) is 0 Å². The lowest BCUT2D eigenvalue weighted by molar-refractivity contribution is -0.384. The SMILES string of the molecule is CC1OCCC1CNc1cc(NN)cc([N+](=O)[O-])c1. The van der Waals surface area contributed by atoms with Crippen molar-refractivity contribution in [3.05, 3.63) is 28.3 Å². The number of anilines is 2. The normalized spacial score (nSPS) is 22.2. The highest BCUT2D eigenvalue weighted by Crippen LogP contribution is 2.25. The molecule has 4 N–H and O–H groups in total. The maximum Gasteiger partial charge on any atom is 0.273 e. The van der Waals surface area contributed by atoms with Crippen molar-refractivity contribution in [3.63, 3.8) is 0 Å². The monoisotopic (exact) mass is 266 g/mol. The number of nitrogens with one attached hydrogen (secondary N) is 2. The summed E-state index contributed by atoms with van der Waals surface area (Å²) >= 11 is 0. The van der Waals surface area contributed by atoms with Crippen LogP contribution in [0, 0.1) is 16.0 Å². The zero-order valence-corrected chi connectivity index (χ0v) is 10.8. The summed E-state index contributed by atoms with van der Waals surface area (Å²) in [5, 5.41) is 14.0. The first-order valence-electron chi connectivity index (χ1n) is 6.21. The van der Waals surface area contributed by atoms with Crippen LogP contribution in [-0.2, 0) is 4.74 Å². The maximum atomic E-state index is 10.8. The molecule has 1 aliphatic heterocycles. The van der Waals surface area contributed by atoms with Crippen molar-refractivity contribution in [1.82, 2.24) is 0 Å². The van der Waals surface area contributed by atoms with Crippen LogP contribution in [0.2, 0.25) is 0 Å². The summed E-state index contributed by atoms with van der Waals surface area (Å²) in [7, 11) is 0. The van der Waals surface area contributed by atoms with Gasteiger partial charge in [-0.3, -0.25) is 16.0 Å². The minimum atomic E-state index is -0.437. The summed E-state index contributed by atoms with van der Waals surface area (Å²) in [6, 6.07) is 4.64. The minimum absolute atomic E-state index is 0.00803. The number of nitro benzene ring substituents is 1. The lowest BCUT2D eigenvalue weighted by Crippen LogP contribution is -2.20. The molecule has 2 atom stereocenters. The molecule has 19 heavy (non-hydrogen) atoms. The fourth-order valence-corrected chi connectivity index (χ4v) is 2.20. The first kappa shape index (κ1) is 13.6. The van der Waals surface area contributed by atoms with E-state index in [-0.39, 0.29) is 11.8 Å². The van der Waals surface area contributed by atoms with Crippen LogP contribution in [0.4, 0.5) is 17.1 Å². The number of rotatable bonds is 5. The topological polar surface area (TPSA) is 102 Å². The summed E-state index contributed by atoms with van der Waals surface area (Å²) in [4.78, 5) is 10.4. The molecule has 1 aromatic carbocycles. The van der Waals surface area contributed by atoms with E-state index in [1.165, 1.54) is 12.1 Å².